The van der Waals surface area contributed by atoms with Crippen LogP contribution in [0.4, 0.5) is 11.6 Å². The summed E-state index contributed by atoms with van der Waals surface area (Å²) in [6.45, 7) is 0. The van der Waals surface area contributed by atoms with Gasteiger partial charge in [-0.1, -0.05) is 28.4 Å². The zero-order chi connectivity index (χ0) is 19.2. The standard InChI is InChI=1S/C6H7ClN4O.C5H4ClN3O.CH5NO.ClH/c1-12-11-2-4-5(7)9-3-10-6(4)8;6-4-3(1-10)5(7)9-2-8-4;1-3-2;/h2-3H,1H3,(H2,8,9,10);1-2H,(H2,7,8,9);2H2,1H3;1H/b11-2+;;;. The van der Waals surface area contributed by atoms with Crippen LogP contribution in [0, 0.1) is 0 Å². The fourth-order valence-corrected chi connectivity index (χ4v) is 1.48. The molecule has 144 valence electrons. The molecule has 0 amide bonds. The van der Waals surface area contributed by atoms with Crippen LogP contribution >= 0.6 is 35.6 Å². The molecule has 2 rings (SSSR count). The first-order chi connectivity index (χ1) is 11.9. The van der Waals surface area contributed by atoms with Crippen molar-refractivity contribution in [3.05, 3.63) is 34.1 Å². The minimum absolute atomic E-state index is 0. The molecule has 0 fully saturated rings. The van der Waals surface area contributed by atoms with Gasteiger partial charge in [-0.3, -0.25) is 4.79 Å². The van der Waals surface area contributed by atoms with Crippen LogP contribution in [0.15, 0.2) is 17.8 Å². The first-order valence-electron chi connectivity index (χ1n) is 6.19. The molecule has 6 N–H and O–H groups in total. The summed E-state index contributed by atoms with van der Waals surface area (Å²) < 4.78 is 0. The van der Waals surface area contributed by atoms with Gasteiger partial charge in [0.05, 0.1) is 24.5 Å². The summed E-state index contributed by atoms with van der Waals surface area (Å²) in [5.74, 6) is 4.73. The molecule has 0 radical (unpaired) electrons. The second-order valence-electron chi connectivity index (χ2n) is 3.70. The number of nitrogen functional groups attached to an aromatic ring is 2. The number of hydrogen-bond donors (Lipinski definition) is 3. The minimum atomic E-state index is 0. The number of hydrogen-bond acceptors (Lipinski definition) is 11. The number of aromatic nitrogens is 4. The molecule has 0 unspecified atom stereocenters. The molecule has 0 aliphatic rings. The molecule has 14 heteroatoms. The number of halogens is 3. The molecule has 0 saturated carbocycles. The Balaban J connectivity index is 0. The lowest BCUT2D eigenvalue weighted by Crippen LogP contribution is -1.99. The molecule has 26 heavy (non-hydrogen) atoms. The Morgan fingerprint density at radius 3 is 1.73 bits per heavy atom. The van der Waals surface area contributed by atoms with E-state index in [0.29, 0.717) is 11.8 Å². The molecule has 2 aromatic rings. The van der Waals surface area contributed by atoms with Gasteiger partial charge in [0.1, 0.15) is 41.7 Å². The lowest BCUT2D eigenvalue weighted by Gasteiger charge is -1.98. The summed E-state index contributed by atoms with van der Waals surface area (Å²) in [5, 5.41) is 3.83. The van der Waals surface area contributed by atoms with E-state index in [4.69, 9.17) is 34.7 Å². The Morgan fingerprint density at radius 2 is 1.42 bits per heavy atom. The van der Waals surface area contributed by atoms with Crippen LogP contribution in [0.5, 0.6) is 0 Å². The first-order valence-corrected chi connectivity index (χ1v) is 6.94. The molecule has 0 bridgehead atoms. The van der Waals surface area contributed by atoms with Crippen molar-refractivity contribution in [1.29, 1.82) is 0 Å². The minimum Gasteiger partial charge on any atom is -0.399 e. The summed E-state index contributed by atoms with van der Waals surface area (Å²) in [4.78, 5) is 33.0. The topological polar surface area (TPSA) is 178 Å². The Kier molecular flexibility index (Phi) is 14.9. The smallest absolute Gasteiger partial charge is 0.156 e. The highest BCUT2D eigenvalue weighted by atomic mass is 35.5. The van der Waals surface area contributed by atoms with Crippen LogP contribution in [0.25, 0.3) is 0 Å². The first kappa shape index (κ1) is 25.9. The molecule has 0 spiro atoms. The van der Waals surface area contributed by atoms with Crippen LogP contribution in [-0.2, 0) is 9.68 Å². The van der Waals surface area contributed by atoms with Gasteiger partial charge in [-0.2, -0.15) is 0 Å². The highest BCUT2D eigenvalue weighted by molar-refractivity contribution is 6.32. The van der Waals surface area contributed by atoms with Crippen LogP contribution in [0.3, 0.4) is 0 Å². The number of oxime groups is 1. The van der Waals surface area contributed by atoms with E-state index in [1.165, 1.54) is 33.1 Å². The highest BCUT2D eigenvalue weighted by Crippen LogP contribution is 2.14. The third-order valence-electron chi connectivity index (χ3n) is 2.14. The van der Waals surface area contributed by atoms with Crippen molar-refractivity contribution < 1.29 is 14.5 Å². The Hall–Kier alpha value is -2.31. The third-order valence-corrected chi connectivity index (χ3v) is 2.74. The lowest BCUT2D eigenvalue weighted by atomic mass is 10.3. The molecule has 11 nitrogen and oxygen atoms in total. The maximum atomic E-state index is 10.2. The maximum Gasteiger partial charge on any atom is 0.156 e. The quantitative estimate of drug-likeness (QED) is 0.278. The van der Waals surface area contributed by atoms with Gasteiger partial charge in [0.25, 0.3) is 0 Å². The van der Waals surface area contributed by atoms with Gasteiger partial charge >= 0.3 is 0 Å². The molecule has 0 saturated heterocycles. The lowest BCUT2D eigenvalue weighted by molar-refractivity contribution is 0.112. The van der Waals surface area contributed by atoms with E-state index in [0.717, 1.165) is 0 Å². The summed E-state index contributed by atoms with van der Waals surface area (Å²) in [7, 11) is 2.82. The van der Waals surface area contributed by atoms with Crippen molar-refractivity contribution in [1.82, 2.24) is 19.9 Å². The number of anilines is 2. The number of carbonyl (C=O) groups excluding carboxylic acids is 1. The summed E-state index contributed by atoms with van der Waals surface area (Å²) in [5.41, 5.74) is 11.3. The summed E-state index contributed by atoms with van der Waals surface area (Å²) in [6, 6.07) is 0. The molecule has 2 aromatic heterocycles. The largest absolute Gasteiger partial charge is 0.399 e. The van der Waals surface area contributed by atoms with Crippen molar-refractivity contribution in [2.75, 3.05) is 25.7 Å². The number of nitrogens with zero attached hydrogens (tertiary/aromatic N) is 5. The predicted octanol–water partition coefficient (Wildman–Crippen LogP) is 1.15. The van der Waals surface area contributed by atoms with Crippen molar-refractivity contribution in [2.24, 2.45) is 11.1 Å². The molecule has 0 atom stereocenters. The number of aldehydes is 1. The molecular weight excluding hydrogens is 411 g/mol. The van der Waals surface area contributed by atoms with E-state index in [9.17, 15) is 4.79 Å². The zero-order valence-electron chi connectivity index (χ0n) is 13.7. The maximum absolute atomic E-state index is 10.2. The van der Waals surface area contributed by atoms with Crippen molar-refractivity contribution in [3.63, 3.8) is 0 Å². The Labute approximate surface area is 165 Å². The normalized spacial score (nSPS) is 9.12. The van der Waals surface area contributed by atoms with E-state index >= 15 is 0 Å². The van der Waals surface area contributed by atoms with Gasteiger partial charge < -0.3 is 21.1 Å². The number of carbonyl (C=O) groups is 1. The fourth-order valence-electron chi connectivity index (χ4n) is 1.11. The average Bonchev–Trinajstić information content (AvgIpc) is 2.56. The third kappa shape index (κ3) is 9.25. The molecule has 0 aliphatic carbocycles. The van der Waals surface area contributed by atoms with E-state index in [1.807, 2.05) is 0 Å². The molecule has 2 heterocycles. The summed E-state index contributed by atoms with van der Waals surface area (Å²) >= 11 is 11.2. The van der Waals surface area contributed by atoms with E-state index in [2.05, 4.69) is 40.7 Å². The van der Waals surface area contributed by atoms with Crippen molar-refractivity contribution in [3.8, 4) is 0 Å². The van der Waals surface area contributed by atoms with E-state index in [1.54, 1.807) is 0 Å². The summed E-state index contributed by atoms with van der Waals surface area (Å²) in [6.07, 6.45) is 4.36. The molecule has 0 aromatic carbocycles. The highest BCUT2D eigenvalue weighted by Gasteiger charge is 2.04. The average molecular weight is 428 g/mol. The number of nitrogens with two attached hydrogens (primary N) is 3. The van der Waals surface area contributed by atoms with Crippen LogP contribution in [0.2, 0.25) is 10.3 Å². The second kappa shape index (κ2) is 15.0. The van der Waals surface area contributed by atoms with Crippen LogP contribution in [-0.4, -0.2) is 46.7 Å². The van der Waals surface area contributed by atoms with Crippen molar-refractivity contribution in [2.45, 2.75) is 0 Å². The predicted molar refractivity (Wildman–Crippen MR) is 101 cm³/mol. The zero-order valence-corrected chi connectivity index (χ0v) is 16.0. The van der Waals surface area contributed by atoms with Gasteiger partial charge in [0, 0.05) is 0 Å². The monoisotopic (exact) mass is 426 g/mol. The SMILES string of the molecule is CO/N=C/c1c(N)ncnc1Cl.CON.Cl.Nc1ncnc(Cl)c1C=O. The van der Waals surface area contributed by atoms with Gasteiger partial charge in [0.2, 0.25) is 0 Å². The fraction of sp³-hybridized carbons (Fsp3) is 0.167. The molecular formula is C12H17Cl3N8O3. The second-order valence-corrected chi connectivity index (χ2v) is 4.41. The van der Waals surface area contributed by atoms with Crippen LogP contribution < -0.4 is 17.4 Å². The van der Waals surface area contributed by atoms with Gasteiger partial charge in [-0.25, -0.2) is 25.8 Å². The Morgan fingerprint density at radius 1 is 1.00 bits per heavy atom. The van der Waals surface area contributed by atoms with E-state index < -0.39 is 0 Å². The number of rotatable bonds is 3. The Bertz CT molecular complexity index is 665. The van der Waals surface area contributed by atoms with Gasteiger partial charge in [-0.05, 0) is 0 Å². The molecule has 0 aliphatic heterocycles. The van der Waals surface area contributed by atoms with Gasteiger partial charge in [0.15, 0.2) is 6.29 Å². The van der Waals surface area contributed by atoms with Gasteiger partial charge in [-0.15, -0.1) is 12.4 Å². The van der Waals surface area contributed by atoms with Crippen LogP contribution in [0.1, 0.15) is 15.9 Å². The van der Waals surface area contributed by atoms with E-state index in [-0.39, 0.29) is 39.9 Å². The van der Waals surface area contributed by atoms with Crippen molar-refractivity contribution >= 4 is 59.7 Å².